The lowest BCUT2D eigenvalue weighted by Crippen LogP contribution is -2.57. The number of likely N-dealkylation sites (tertiary alicyclic amines) is 2. The van der Waals surface area contributed by atoms with E-state index in [1.807, 2.05) is 29.0 Å². The predicted octanol–water partition coefficient (Wildman–Crippen LogP) is 4.46. The molecule has 0 spiro atoms. The molecule has 5 fully saturated rings. The number of carbonyl (C=O) groups is 1. The lowest BCUT2D eigenvalue weighted by Gasteiger charge is -2.48. The minimum atomic E-state index is -3.11. The van der Waals surface area contributed by atoms with E-state index in [4.69, 9.17) is 24.4 Å². The van der Waals surface area contributed by atoms with E-state index in [0.29, 0.717) is 49.7 Å². The van der Waals surface area contributed by atoms with Crippen molar-refractivity contribution in [2.24, 2.45) is 5.92 Å². The van der Waals surface area contributed by atoms with Crippen molar-refractivity contribution in [2.75, 3.05) is 79.6 Å². The first-order chi connectivity index (χ1) is 27.0. The molecule has 5 aliphatic rings. The highest BCUT2D eigenvalue weighted by Gasteiger charge is 2.40. The lowest BCUT2D eigenvalue weighted by molar-refractivity contribution is -0.126. The Kier molecular flexibility index (Phi) is 11.4. The number of aromatic nitrogens is 4. The highest BCUT2D eigenvalue weighted by molar-refractivity contribution is 7.90. The number of sulfone groups is 1. The average molecular weight is 792 g/mol. The highest BCUT2D eigenvalue weighted by Crippen LogP contribution is 2.41. The van der Waals surface area contributed by atoms with Gasteiger partial charge in [0.15, 0.2) is 0 Å². The molecule has 0 saturated carbocycles. The van der Waals surface area contributed by atoms with Crippen molar-refractivity contribution in [3.63, 3.8) is 0 Å². The molecule has 1 N–H and O–H groups in total. The van der Waals surface area contributed by atoms with E-state index in [1.165, 1.54) is 12.3 Å². The van der Waals surface area contributed by atoms with Crippen LogP contribution in [0.2, 0.25) is 0 Å². The van der Waals surface area contributed by atoms with Gasteiger partial charge in [-0.3, -0.25) is 9.78 Å². The van der Waals surface area contributed by atoms with Gasteiger partial charge in [-0.05, 0) is 70.1 Å². The second kappa shape index (κ2) is 16.5. The summed E-state index contributed by atoms with van der Waals surface area (Å²) in [7, 11) is -3.11. The van der Waals surface area contributed by atoms with Crippen LogP contribution in [-0.4, -0.2) is 139 Å². The smallest absolute Gasteiger partial charge is 0.246 e. The molecular weight excluding hydrogens is 738 g/mol. The number of fused-ring (bicyclic) bond motifs is 1. The molecule has 14 nitrogen and oxygen atoms in total. The molecule has 0 radical (unpaired) electrons. The van der Waals surface area contributed by atoms with Crippen LogP contribution in [0.25, 0.3) is 10.8 Å². The van der Waals surface area contributed by atoms with Crippen LogP contribution >= 0.6 is 0 Å². The van der Waals surface area contributed by atoms with Crippen LogP contribution in [0.4, 0.5) is 27.7 Å². The molecule has 0 aromatic carbocycles. The van der Waals surface area contributed by atoms with Crippen LogP contribution in [0.3, 0.4) is 0 Å². The fourth-order valence-corrected chi connectivity index (χ4v) is 10.5. The van der Waals surface area contributed by atoms with Crippen molar-refractivity contribution < 1.29 is 27.1 Å². The molecule has 0 bridgehead atoms. The number of alkyl halides is 1. The van der Waals surface area contributed by atoms with Gasteiger partial charge in [0, 0.05) is 93.4 Å². The van der Waals surface area contributed by atoms with Crippen LogP contribution < -0.4 is 15.1 Å². The van der Waals surface area contributed by atoms with E-state index in [9.17, 15) is 13.2 Å². The Morgan fingerprint density at radius 1 is 1.02 bits per heavy atom. The largest absolute Gasteiger partial charge is 0.381 e. The highest BCUT2D eigenvalue weighted by atomic mass is 32.2. The Balaban J connectivity index is 0.961. The molecule has 0 aliphatic carbocycles. The van der Waals surface area contributed by atoms with Crippen LogP contribution in [0.1, 0.15) is 63.6 Å². The van der Waals surface area contributed by atoms with Crippen molar-refractivity contribution in [3.8, 4) is 0 Å². The molecule has 302 valence electrons. The second-order valence-electron chi connectivity index (χ2n) is 16.2. The first kappa shape index (κ1) is 38.9. The van der Waals surface area contributed by atoms with Crippen molar-refractivity contribution in [2.45, 2.75) is 88.4 Å². The molecule has 3 aromatic heterocycles. The molecule has 3 aromatic rings. The number of amides is 1. The van der Waals surface area contributed by atoms with E-state index < -0.39 is 22.1 Å². The SMILES string of the molecule is C=CC(=O)N1CCC[C@H]1c1ncc(N2C[C@H](CS(C)(=O)=O)[C@H]2C)c2cnc(Nc3ccnc(N4CC[C@@H](OC5CCN(C6CCOCC6)CC5)[C@@H](F)C4)n3)cc12. The number of carbonyl (C=O) groups excluding carboxylic acids is 1. The quantitative estimate of drug-likeness (QED) is 0.273. The van der Waals surface area contributed by atoms with Gasteiger partial charge in [0.2, 0.25) is 11.9 Å². The first-order valence-corrected chi connectivity index (χ1v) is 22.2. The Hall–Kier alpha value is -3.99. The van der Waals surface area contributed by atoms with E-state index >= 15 is 4.39 Å². The standard InChI is InChI=1S/C40H54FN9O5S/c1-4-38(51)49-14-5-6-33(49)39-30-20-37(43-21-31(30)34(22-44-39)50-23-27(26(50)2)25-56(3,52)53)45-36-7-13-42-40(46-36)48-17-10-35(32(41)24-48)55-29-8-15-47(16-9-29)28-11-18-54-19-12-28/h4,7,13,20-22,26-29,32-33,35H,1,5-6,8-12,14-19,23-25H2,2-3H3,(H,42,43,45,46)/t26-,27-,32+,33+,35-/m1/s1. The Labute approximate surface area is 328 Å². The number of ether oxygens (including phenoxy) is 2. The third-order valence-corrected chi connectivity index (χ3v) is 13.5. The first-order valence-electron chi connectivity index (χ1n) is 20.2. The average Bonchev–Trinajstić information content (AvgIpc) is 3.70. The van der Waals surface area contributed by atoms with Gasteiger partial charge in [-0.15, -0.1) is 0 Å². The number of hydrogen-bond acceptors (Lipinski definition) is 13. The van der Waals surface area contributed by atoms with Crippen molar-refractivity contribution in [3.05, 3.63) is 49.1 Å². The van der Waals surface area contributed by atoms with Gasteiger partial charge in [0.25, 0.3) is 0 Å². The lowest BCUT2D eigenvalue weighted by atomic mass is 9.90. The molecule has 0 unspecified atom stereocenters. The predicted molar refractivity (Wildman–Crippen MR) is 214 cm³/mol. The number of rotatable bonds is 11. The molecule has 5 aliphatic heterocycles. The van der Waals surface area contributed by atoms with E-state index in [2.05, 4.69) is 26.7 Å². The maximum absolute atomic E-state index is 15.7. The Morgan fingerprint density at radius 2 is 1.82 bits per heavy atom. The zero-order valence-electron chi connectivity index (χ0n) is 32.4. The number of anilines is 4. The van der Waals surface area contributed by atoms with Crippen LogP contribution in [-0.2, 0) is 24.1 Å². The molecule has 1 amide bonds. The molecule has 5 saturated heterocycles. The van der Waals surface area contributed by atoms with Gasteiger partial charge in [0.1, 0.15) is 27.6 Å². The molecule has 8 heterocycles. The maximum Gasteiger partial charge on any atom is 0.246 e. The summed E-state index contributed by atoms with van der Waals surface area (Å²) in [6.45, 7) is 11.4. The molecule has 56 heavy (non-hydrogen) atoms. The van der Waals surface area contributed by atoms with Gasteiger partial charge in [-0.1, -0.05) is 6.58 Å². The summed E-state index contributed by atoms with van der Waals surface area (Å²) in [6.07, 6.45) is 12.6. The maximum atomic E-state index is 15.7. The topological polar surface area (TPSA) is 146 Å². The van der Waals surface area contributed by atoms with Crippen molar-refractivity contribution >= 4 is 49.8 Å². The Morgan fingerprint density at radius 3 is 2.55 bits per heavy atom. The number of halogens is 1. The number of piperidine rings is 2. The third-order valence-electron chi connectivity index (χ3n) is 12.5. The monoisotopic (exact) mass is 791 g/mol. The zero-order valence-corrected chi connectivity index (χ0v) is 33.2. The molecular formula is C40H54FN9O5S. The summed E-state index contributed by atoms with van der Waals surface area (Å²) in [5.41, 5.74) is 1.65. The van der Waals surface area contributed by atoms with E-state index in [1.54, 1.807) is 18.5 Å². The third kappa shape index (κ3) is 8.34. The van der Waals surface area contributed by atoms with Gasteiger partial charge < -0.3 is 34.4 Å². The second-order valence-corrected chi connectivity index (χ2v) is 18.3. The zero-order chi connectivity index (χ0) is 39.0. The van der Waals surface area contributed by atoms with Crippen molar-refractivity contribution in [1.82, 2.24) is 29.7 Å². The van der Waals surface area contributed by atoms with Gasteiger partial charge in [-0.25, -0.2) is 22.8 Å². The summed E-state index contributed by atoms with van der Waals surface area (Å²) in [5, 5.41) is 5.05. The molecule has 16 heteroatoms. The molecule has 8 rings (SSSR count). The number of nitrogens with one attached hydrogen (secondary N) is 1. The van der Waals surface area contributed by atoms with Gasteiger partial charge in [-0.2, -0.15) is 4.98 Å². The van der Waals surface area contributed by atoms with Gasteiger partial charge in [0.05, 0.1) is 48.1 Å². The van der Waals surface area contributed by atoms with Crippen LogP contribution in [0, 0.1) is 5.92 Å². The summed E-state index contributed by atoms with van der Waals surface area (Å²) < 4.78 is 51.7. The van der Waals surface area contributed by atoms with Crippen molar-refractivity contribution in [1.29, 1.82) is 0 Å². The number of pyridine rings is 2. The fraction of sp³-hybridized carbons (Fsp3) is 0.625. The van der Waals surface area contributed by atoms with Crippen LogP contribution in [0.15, 0.2) is 43.4 Å². The van der Waals surface area contributed by atoms with Crippen LogP contribution in [0.5, 0.6) is 0 Å². The van der Waals surface area contributed by atoms with Gasteiger partial charge >= 0.3 is 0 Å². The Bertz CT molecular complexity index is 2010. The number of hydrogen-bond donors (Lipinski definition) is 1. The normalized spacial score (nSPS) is 27.1. The number of nitrogens with zero attached hydrogens (tertiary/aromatic N) is 8. The van der Waals surface area contributed by atoms with E-state index in [0.717, 1.165) is 87.0 Å². The fourth-order valence-electron chi connectivity index (χ4n) is 9.32. The summed E-state index contributed by atoms with van der Waals surface area (Å²) in [4.78, 5) is 40.3. The summed E-state index contributed by atoms with van der Waals surface area (Å²) in [5.74, 6) is 1.51. The summed E-state index contributed by atoms with van der Waals surface area (Å²) >= 11 is 0. The molecule has 5 atom stereocenters. The minimum Gasteiger partial charge on any atom is -0.381 e. The van der Waals surface area contributed by atoms with E-state index in [-0.39, 0.29) is 42.3 Å². The minimum absolute atomic E-state index is 0.00380. The summed E-state index contributed by atoms with van der Waals surface area (Å²) in [6, 6.07) is 4.06.